The highest BCUT2D eigenvalue weighted by Crippen LogP contribution is 2.26. The molecule has 29 heavy (non-hydrogen) atoms. The number of amides is 1. The van der Waals surface area contributed by atoms with Crippen molar-refractivity contribution in [1.82, 2.24) is 15.0 Å². The first kappa shape index (κ1) is 19.2. The summed E-state index contributed by atoms with van der Waals surface area (Å²) in [7, 11) is 0. The fraction of sp³-hybridized carbons (Fsp3) is 0.364. The van der Waals surface area contributed by atoms with Gasteiger partial charge in [-0.25, -0.2) is 19.3 Å². The average molecular weight is 393 g/mol. The summed E-state index contributed by atoms with van der Waals surface area (Å²) in [5.74, 6) is -0.788. The van der Waals surface area contributed by atoms with Crippen molar-refractivity contribution < 1.29 is 9.18 Å². The van der Waals surface area contributed by atoms with Crippen molar-refractivity contribution in [1.29, 1.82) is 0 Å². The van der Waals surface area contributed by atoms with Crippen LogP contribution in [0.1, 0.15) is 29.8 Å². The zero-order valence-corrected chi connectivity index (χ0v) is 16.9. The lowest BCUT2D eigenvalue weighted by Gasteiger charge is -2.33. The molecule has 1 aromatic carbocycles. The second-order valence-corrected chi connectivity index (χ2v) is 7.69. The number of fused-ring (bicyclic) bond motifs is 1. The molecule has 2 aromatic heterocycles. The first-order valence-corrected chi connectivity index (χ1v) is 9.83. The molecule has 7 heteroatoms. The van der Waals surface area contributed by atoms with Crippen LogP contribution in [-0.4, -0.2) is 33.9 Å². The molecule has 1 aliphatic rings. The van der Waals surface area contributed by atoms with E-state index in [1.165, 1.54) is 6.07 Å². The molecule has 1 aliphatic heterocycles. The number of aromatic nitrogens is 3. The van der Waals surface area contributed by atoms with E-state index in [1.54, 1.807) is 18.3 Å². The van der Waals surface area contributed by atoms with E-state index in [0.29, 0.717) is 12.2 Å². The standard InChI is InChI=1S/C22H24FN5O/c1-13-6-7-18(23)19(9-13)27-22(29)16-5-4-8-28(12-16)17-10-20-21(24-11-17)26-15(3)14(2)25-20/h6-7,9-11,16H,4-5,8,12H2,1-3H3,(H,27,29). The van der Waals surface area contributed by atoms with Gasteiger partial charge in [-0.05, 0) is 57.4 Å². The average Bonchev–Trinajstić information content (AvgIpc) is 2.71. The van der Waals surface area contributed by atoms with Crippen LogP contribution in [0.25, 0.3) is 11.2 Å². The molecule has 4 rings (SSSR count). The molecule has 0 saturated carbocycles. The first-order chi connectivity index (χ1) is 13.9. The smallest absolute Gasteiger partial charge is 0.229 e. The van der Waals surface area contributed by atoms with Crippen molar-refractivity contribution in [3.8, 4) is 0 Å². The fourth-order valence-corrected chi connectivity index (χ4v) is 3.67. The summed E-state index contributed by atoms with van der Waals surface area (Å²) in [6, 6.07) is 6.70. The van der Waals surface area contributed by atoms with Crippen LogP contribution in [0, 0.1) is 32.5 Å². The normalized spacial score (nSPS) is 16.8. The van der Waals surface area contributed by atoms with Gasteiger partial charge in [-0.3, -0.25) is 4.79 Å². The third kappa shape index (κ3) is 4.04. The van der Waals surface area contributed by atoms with E-state index < -0.39 is 5.82 Å². The van der Waals surface area contributed by atoms with Crippen LogP contribution in [0.3, 0.4) is 0 Å². The largest absolute Gasteiger partial charge is 0.369 e. The molecule has 6 nitrogen and oxygen atoms in total. The van der Waals surface area contributed by atoms with Crippen molar-refractivity contribution in [3.63, 3.8) is 0 Å². The van der Waals surface area contributed by atoms with Crippen molar-refractivity contribution >= 4 is 28.4 Å². The van der Waals surface area contributed by atoms with Crippen LogP contribution in [0.4, 0.5) is 15.8 Å². The number of anilines is 2. The summed E-state index contributed by atoms with van der Waals surface area (Å²) in [6.07, 6.45) is 3.44. The molecule has 3 aromatic rings. The van der Waals surface area contributed by atoms with Gasteiger partial charge in [0.1, 0.15) is 11.3 Å². The molecule has 0 aliphatic carbocycles. The Balaban J connectivity index is 1.52. The summed E-state index contributed by atoms with van der Waals surface area (Å²) in [6.45, 7) is 7.12. The molecule has 3 heterocycles. The number of aryl methyl sites for hydroxylation is 3. The zero-order chi connectivity index (χ0) is 20.5. The van der Waals surface area contributed by atoms with Gasteiger partial charge in [0, 0.05) is 13.1 Å². The number of rotatable bonds is 3. The van der Waals surface area contributed by atoms with Crippen molar-refractivity contribution in [2.45, 2.75) is 33.6 Å². The molecule has 1 saturated heterocycles. The minimum Gasteiger partial charge on any atom is -0.369 e. The fourth-order valence-electron chi connectivity index (χ4n) is 3.67. The van der Waals surface area contributed by atoms with Crippen LogP contribution in [0.5, 0.6) is 0 Å². The minimum absolute atomic E-state index is 0.154. The molecule has 1 atom stereocenters. The van der Waals surface area contributed by atoms with Crippen LogP contribution in [0.2, 0.25) is 0 Å². The first-order valence-electron chi connectivity index (χ1n) is 9.83. The van der Waals surface area contributed by atoms with Gasteiger partial charge in [0.25, 0.3) is 0 Å². The number of nitrogens with one attached hydrogen (secondary N) is 1. The number of carbonyl (C=O) groups is 1. The molecule has 1 N–H and O–H groups in total. The van der Waals surface area contributed by atoms with Gasteiger partial charge in [-0.15, -0.1) is 0 Å². The van der Waals surface area contributed by atoms with E-state index in [0.717, 1.165) is 47.5 Å². The van der Waals surface area contributed by atoms with Gasteiger partial charge in [0.15, 0.2) is 5.65 Å². The van der Waals surface area contributed by atoms with E-state index in [2.05, 4.69) is 25.2 Å². The molecular weight excluding hydrogens is 369 g/mol. The Hall–Kier alpha value is -3.09. The Morgan fingerprint density at radius 1 is 1.17 bits per heavy atom. The predicted octanol–water partition coefficient (Wildman–Crippen LogP) is 3.94. The number of nitrogens with zero attached hydrogens (tertiary/aromatic N) is 4. The van der Waals surface area contributed by atoms with Gasteiger partial charge >= 0.3 is 0 Å². The predicted molar refractivity (Wildman–Crippen MR) is 112 cm³/mol. The number of pyridine rings is 1. The Kier molecular flexibility index (Phi) is 5.13. The van der Waals surface area contributed by atoms with Crippen LogP contribution in [0.15, 0.2) is 30.5 Å². The summed E-state index contributed by atoms with van der Waals surface area (Å²) in [4.78, 5) is 28.4. The third-order valence-corrected chi connectivity index (χ3v) is 5.46. The van der Waals surface area contributed by atoms with Gasteiger partial charge in [-0.1, -0.05) is 6.07 Å². The number of hydrogen-bond acceptors (Lipinski definition) is 5. The highest BCUT2D eigenvalue weighted by molar-refractivity contribution is 5.93. The van der Waals surface area contributed by atoms with E-state index in [9.17, 15) is 9.18 Å². The summed E-state index contributed by atoms with van der Waals surface area (Å²) in [5, 5.41) is 2.76. The number of benzene rings is 1. The Morgan fingerprint density at radius 3 is 2.79 bits per heavy atom. The summed E-state index contributed by atoms with van der Waals surface area (Å²) >= 11 is 0. The molecule has 0 bridgehead atoms. The number of hydrogen-bond donors (Lipinski definition) is 1. The van der Waals surface area contributed by atoms with Gasteiger partial charge < -0.3 is 10.2 Å². The second kappa shape index (κ2) is 7.73. The van der Waals surface area contributed by atoms with Gasteiger partial charge in [-0.2, -0.15) is 0 Å². The zero-order valence-electron chi connectivity index (χ0n) is 16.9. The van der Waals surface area contributed by atoms with Gasteiger partial charge in [0.05, 0.1) is 34.9 Å². The molecular formula is C22H24FN5O. The monoisotopic (exact) mass is 393 g/mol. The van der Waals surface area contributed by atoms with E-state index in [1.807, 2.05) is 26.8 Å². The second-order valence-electron chi connectivity index (χ2n) is 7.69. The van der Waals surface area contributed by atoms with Crippen LogP contribution in [-0.2, 0) is 4.79 Å². The van der Waals surface area contributed by atoms with E-state index >= 15 is 0 Å². The Morgan fingerprint density at radius 2 is 1.97 bits per heavy atom. The SMILES string of the molecule is Cc1ccc(F)c(NC(=O)C2CCCN(c3cnc4nc(C)c(C)nc4c3)C2)c1. The van der Waals surface area contributed by atoms with Crippen molar-refractivity contribution in [2.75, 3.05) is 23.3 Å². The minimum atomic E-state index is -0.417. The highest BCUT2D eigenvalue weighted by atomic mass is 19.1. The van der Waals surface area contributed by atoms with E-state index in [-0.39, 0.29) is 17.5 Å². The maximum absolute atomic E-state index is 14.0. The highest BCUT2D eigenvalue weighted by Gasteiger charge is 2.27. The molecule has 1 unspecified atom stereocenters. The lowest BCUT2D eigenvalue weighted by atomic mass is 9.96. The quantitative estimate of drug-likeness (QED) is 0.730. The Bertz CT molecular complexity index is 1080. The maximum atomic E-state index is 14.0. The van der Waals surface area contributed by atoms with E-state index in [4.69, 9.17) is 0 Å². The van der Waals surface area contributed by atoms with Crippen molar-refractivity contribution in [3.05, 3.63) is 53.2 Å². The summed E-state index contributed by atoms with van der Waals surface area (Å²) < 4.78 is 14.0. The van der Waals surface area contributed by atoms with Crippen LogP contribution < -0.4 is 10.2 Å². The number of halogens is 1. The van der Waals surface area contributed by atoms with Crippen LogP contribution >= 0.6 is 0 Å². The third-order valence-electron chi connectivity index (χ3n) is 5.46. The Labute approximate surface area is 169 Å². The lowest BCUT2D eigenvalue weighted by Crippen LogP contribution is -2.41. The topological polar surface area (TPSA) is 71.0 Å². The number of piperidine rings is 1. The molecule has 150 valence electrons. The number of carbonyl (C=O) groups excluding carboxylic acids is 1. The molecule has 1 amide bonds. The maximum Gasteiger partial charge on any atom is 0.229 e. The summed E-state index contributed by atoms with van der Waals surface area (Å²) in [5.41, 5.74) is 5.19. The molecule has 1 fully saturated rings. The molecule has 0 spiro atoms. The molecule has 0 radical (unpaired) electrons. The van der Waals surface area contributed by atoms with Gasteiger partial charge in [0.2, 0.25) is 5.91 Å². The lowest BCUT2D eigenvalue weighted by molar-refractivity contribution is -0.120. The van der Waals surface area contributed by atoms with Crippen molar-refractivity contribution in [2.24, 2.45) is 5.92 Å².